The van der Waals surface area contributed by atoms with Crippen LogP contribution in [0.5, 0.6) is 0 Å². The van der Waals surface area contributed by atoms with Gasteiger partial charge in [-0.2, -0.15) is 0 Å². The lowest BCUT2D eigenvalue weighted by Gasteiger charge is -2.12. The number of rotatable bonds is 5. The van der Waals surface area contributed by atoms with Crippen LogP contribution in [0.4, 0.5) is 11.6 Å². The lowest BCUT2D eigenvalue weighted by Crippen LogP contribution is -2.21. The van der Waals surface area contributed by atoms with Crippen LogP contribution >= 0.6 is 0 Å². The SMILES string of the molecule is Cc1c(C(N)=O)cccc1-c1ccnc(Nc2ccc(C(=O)N(C)C)cc2)n1. The van der Waals surface area contributed by atoms with Crippen LogP contribution in [0, 0.1) is 6.92 Å². The third-order valence-corrected chi connectivity index (χ3v) is 4.32. The molecule has 3 aromatic rings. The molecule has 1 heterocycles. The second-order valence-corrected chi connectivity index (χ2v) is 6.51. The van der Waals surface area contributed by atoms with E-state index >= 15 is 0 Å². The van der Waals surface area contributed by atoms with Crippen LogP contribution in [0.15, 0.2) is 54.7 Å². The Morgan fingerprint density at radius 3 is 2.39 bits per heavy atom. The predicted octanol–water partition coefficient (Wildman–Crippen LogP) is 3.00. The van der Waals surface area contributed by atoms with Gasteiger partial charge >= 0.3 is 0 Å². The first-order chi connectivity index (χ1) is 13.4. The molecular formula is C21H21N5O2. The summed E-state index contributed by atoms with van der Waals surface area (Å²) in [6, 6.07) is 14.2. The maximum Gasteiger partial charge on any atom is 0.253 e. The minimum Gasteiger partial charge on any atom is -0.366 e. The van der Waals surface area contributed by atoms with E-state index in [0.29, 0.717) is 22.8 Å². The van der Waals surface area contributed by atoms with E-state index < -0.39 is 5.91 Å². The Kier molecular flexibility index (Phi) is 5.35. The molecule has 28 heavy (non-hydrogen) atoms. The van der Waals surface area contributed by atoms with Gasteiger partial charge in [0.15, 0.2) is 0 Å². The molecule has 0 radical (unpaired) electrons. The summed E-state index contributed by atoms with van der Waals surface area (Å²) < 4.78 is 0. The molecule has 0 aliphatic carbocycles. The van der Waals surface area contributed by atoms with Crippen molar-refractivity contribution in [1.82, 2.24) is 14.9 Å². The summed E-state index contributed by atoms with van der Waals surface area (Å²) in [5.41, 5.74) is 9.52. The Morgan fingerprint density at radius 2 is 1.75 bits per heavy atom. The molecule has 7 heteroatoms. The van der Waals surface area contributed by atoms with Gasteiger partial charge in [-0.3, -0.25) is 9.59 Å². The van der Waals surface area contributed by atoms with Crippen molar-refractivity contribution in [3.63, 3.8) is 0 Å². The van der Waals surface area contributed by atoms with E-state index in [-0.39, 0.29) is 5.91 Å². The zero-order valence-corrected chi connectivity index (χ0v) is 15.9. The van der Waals surface area contributed by atoms with E-state index in [4.69, 9.17) is 5.73 Å². The summed E-state index contributed by atoms with van der Waals surface area (Å²) in [6.45, 7) is 1.84. The van der Waals surface area contributed by atoms with Gasteiger partial charge in [0.05, 0.1) is 5.69 Å². The first-order valence-corrected chi connectivity index (χ1v) is 8.68. The Hall–Kier alpha value is -3.74. The van der Waals surface area contributed by atoms with Crippen LogP contribution in [-0.2, 0) is 0 Å². The molecular weight excluding hydrogens is 354 g/mol. The molecule has 1 aromatic heterocycles. The summed E-state index contributed by atoms with van der Waals surface area (Å²) in [6.07, 6.45) is 1.64. The highest BCUT2D eigenvalue weighted by atomic mass is 16.2. The summed E-state index contributed by atoms with van der Waals surface area (Å²) >= 11 is 0. The van der Waals surface area contributed by atoms with Crippen molar-refractivity contribution in [1.29, 1.82) is 0 Å². The number of hydrogen-bond acceptors (Lipinski definition) is 5. The van der Waals surface area contributed by atoms with Crippen LogP contribution in [-0.4, -0.2) is 40.8 Å². The first-order valence-electron chi connectivity index (χ1n) is 8.68. The Balaban J connectivity index is 1.86. The standard InChI is InChI=1S/C21H21N5O2/c1-13-16(5-4-6-17(13)19(22)27)18-11-12-23-21(25-18)24-15-9-7-14(8-10-15)20(28)26(2)3/h4-12H,1-3H3,(H2,22,27)(H,23,24,25). The van der Waals surface area contributed by atoms with Crippen molar-refractivity contribution < 1.29 is 9.59 Å². The van der Waals surface area contributed by atoms with Gasteiger partial charge in [-0.25, -0.2) is 9.97 Å². The van der Waals surface area contributed by atoms with Gasteiger partial charge in [-0.1, -0.05) is 12.1 Å². The molecule has 0 spiro atoms. The minimum atomic E-state index is -0.473. The fraction of sp³-hybridized carbons (Fsp3) is 0.143. The molecule has 7 nitrogen and oxygen atoms in total. The third kappa shape index (κ3) is 3.98. The molecule has 0 aliphatic heterocycles. The molecule has 0 atom stereocenters. The molecule has 0 bridgehead atoms. The van der Waals surface area contributed by atoms with Crippen molar-refractivity contribution in [2.75, 3.05) is 19.4 Å². The molecule has 2 aromatic carbocycles. The van der Waals surface area contributed by atoms with E-state index in [2.05, 4.69) is 15.3 Å². The highest BCUT2D eigenvalue weighted by molar-refractivity contribution is 5.96. The van der Waals surface area contributed by atoms with Gasteiger partial charge < -0.3 is 16.0 Å². The average molecular weight is 375 g/mol. The number of amides is 2. The maximum atomic E-state index is 12.0. The second kappa shape index (κ2) is 7.87. The van der Waals surface area contributed by atoms with Crippen LogP contribution in [0.1, 0.15) is 26.3 Å². The van der Waals surface area contributed by atoms with Crippen molar-refractivity contribution in [3.05, 3.63) is 71.4 Å². The topological polar surface area (TPSA) is 101 Å². The molecule has 0 saturated heterocycles. The molecule has 3 rings (SSSR count). The number of hydrogen-bond donors (Lipinski definition) is 2. The summed E-state index contributed by atoms with van der Waals surface area (Å²) in [5.74, 6) is -0.123. The second-order valence-electron chi connectivity index (χ2n) is 6.51. The van der Waals surface area contributed by atoms with E-state index in [1.807, 2.05) is 13.0 Å². The van der Waals surface area contributed by atoms with Crippen LogP contribution in [0.2, 0.25) is 0 Å². The third-order valence-electron chi connectivity index (χ3n) is 4.32. The summed E-state index contributed by atoms with van der Waals surface area (Å²) in [5, 5.41) is 3.13. The van der Waals surface area contributed by atoms with E-state index in [1.54, 1.807) is 62.8 Å². The van der Waals surface area contributed by atoms with Crippen molar-refractivity contribution in [3.8, 4) is 11.3 Å². The lowest BCUT2D eigenvalue weighted by atomic mass is 9.99. The van der Waals surface area contributed by atoms with Gasteiger partial charge in [-0.05, 0) is 48.9 Å². The van der Waals surface area contributed by atoms with Crippen molar-refractivity contribution >= 4 is 23.5 Å². The molecule has 0 fully saturated rings. The number of carbonyl (C=O) groups is 2. The Morgan fingerprint density at radius 1 is 1.04 bits per heavy atom. The van der Waals surface area contributed by atoms with Gasteiger partial charge in [0.2, 0.25) is 11.9 Å². The number of anilines is 2. The number of nitrogens with two attached hydrogens (primary N) is 1. The van der Waals surface area contributed by atoms with Crippen molar-refractivity contribution in [2.45, 2.75) is 6.92 Å². The largest absolute Gasteiger partial charge is 0.366 e. The van der Waals surface area contributed by atoms with E-state index in [1.165, 1.54) is 4.90 Å². The van der Waals surface area contributed by atoms with Crippen LogP contribution in [0.3, 0.4) is 0 Å². The van der Waals surface area contributed by atoms with Gasteiger partial charge in [-0.15, -0.1) is 0 Å². The fourth-order valence-corrected chi connectivity index (χ4v) is 2.83. The number of nitrogens with one attached hydrogen (secondary N) is 1. The quantitative estimate of drug-likeness (QED) is 0.714. The first kappa shape index (κ1) is 19.0. The smallest absolute Gasteiger partial charge is 0.253 e. The maximum absolute atomic E-state index is 12.0. The molecule has 0 unspecified atom stereocenters. The van der Waals surface area contributed by atoms with E-state index in [9.17, 15) is 9.59 Å². The molecule has 0 saturated carbocycles. The van der Waals surface area contributed by atoms with E-state index in [0.717, 1.165) is 16.8 Å². The zero-order valence-electron chi connectivity index (χ0n) is 15.9. The summed E-state index contributed by atoms with van der Waals surface area (Å²) in [7, 11) is 3.42. The fourth-order valence-electron chi connectivity index (χ4n) is 2.83. The number of primary amides is 1. The minimum absolute atomic E-state index is 0.0606. The highest BCUT2D eigenvalue weighted by Gasteiger charge is 2.12. The van der Waals surface area contributed by atoms with Crippen molar-refractivity contribution in [2.24, 2.45) is 5.73 Å². The van der Waals surface area contributed by atoms with Crippen LogP contribution in [0.25, 0.3) is 11.3 Å². The normalized spacial score (nSPS) is 10.4. The lowest BCUT2D eigenvalue weighted by molar-refractivity contribution is 0.0827. The number of nitrogens with zero attached hydrogens (tertiary/aromatic N) is 3. The summed E-state index contributed by atoms with van der Waals surface area (Å²) in [4.78, 5) is 33.9. The van der Waals surface area contributed by atoms with Crippen LogP contribution < -0.4 is 11.1 Å². The number of carbonyl (C=O) groups excluding carboxylic acids is 2. The van der Waals surface area contributed by atoms with Gasteiger partial charge in [0.25, 0.3) is 5.91 Å². The predicted molar refractivity (Wildman–Crippen MR) is 108 cm³/mol. The number of aromatic nitrogens is 2. The molecule has 3 N–H and O–H groups in total. The van der Waals surface area contributed by atoms with Gasteiger partial charge in [0, 0.05) is 42.7 Å². The highest BCUT2D eigenvalue weighted by Crippen LogP contribution is 2.25. The molecule has 0 aliphatic rings. The molecule has 142 valence electrons. The monoisotopic (exact) mass is 375 g/mol. The Labute approximate surface area is 163 Å². The average Bonchev–Trinajstić information content (AvgIpc) is 2.68. The number of benzene rings is 2. The zero-order chi connectivity index (χ0) is 20.3. The van der Waals surface area contributed by atoms with Gasteiger partial charge in [0.1, 0.15) is 0 Å². The Bertz CT molecular complexity index is 1030. The molecule has 2 amide bonds.